The minimum absolute atomic E-state index is 0.236. The van der Waals surface area contributed by atoms with Gasteiger partial charge in [-0.05, 0) is 51.0 Å². The van der Waals surface area contributed by atoms with Crippen molar-refractivity contribution in [2.45, 2.75) is 48.8 Å². The van der Waals surface area contributed by atoms with Crippen molar-refractivity contribution in [1.29, 1.82) is 0 Å². The predicted molar refractivity (Wildman–Crippen MR) is 95.6 cm³/mol. The third kappa shape index (κ3) is 4.82. The van der Waals surface area contributed by atoms with Crippen LogP contribution in [0.15, 0.2) is 52.5 Å². The van der Waals surface area contributed by atoms with Gasteiger partial charge < -0.3 is 10.1 Å². The third-order valence-corrected chi connectivity index (χ3v) is 4.83. The average molecular weight is 356 g/mol. The van der Waals surface area contributed by atoms with Crippen LogP contribution in [0.5, 0.6) is 0 Å². The first-order chi connectivity index (χ1) is 12.0. The standard InChI is InChI=1S/C19H20N2O3S/c1-12-5-9-15(10-6-12)25-18-16(4-3-11-20-18)19(23)24-13(2)17(22)21-14-7-8-14/h3-6,9-11,13-14H,7-8H2,1-2H3,(H,21,22)/t13-/m0/s1. The van der Waals surface area contributed by atoms with Gasteiger partial charge in [-0.15, -0.1) is 0 Å². The van der Waals surface area contributed by atoms with E-state index in [2.05, 4.69) is 10.3 Å². The Hall–Kier alpha value is -2.34. The molecule has 1 heterocycles. The molecule has 2 aromatic rings. The maximum atomic E-state index is 12.5. The van der Waals surface area contributed by atoms with Crippen molar-refractivity contribution in [3.8, 4) is 0 Å². The van der Waals surface area contributed by atoms with Crippen LogP contribution in [-0.4, -0.2) is 29.0 Å². The molecule has 1 aliphatic carbocycles. The first-order valence-electron chi connectivity index (χ1n) is 8.24. The van der Waals surface area contributed by atoms with E-state index in [0.717, 1.165) is 17.7 Å². The summed E-state index contributed by atoms with van der Waals surface area (Å²) in [6.07, 6.45) is 2.79. The van der Waals surface area contributed by atoms with Gasteiger partial charge in [0, 0.05) is 17.1 Å². The average Bonchev–Trinajstić information content (AvgIpc) is 3.41. The minimum atomic E-state index is -0.828. The van der Waals surface area contributed by atoms with Gasteiger partial charge in [-0.2, -0.15) is 0 Å². The number of aromatic nitrogens is 1. The van der Waals surface area contributed by atoms with Gasteiger partial charge >= 0.3 is 5.97 Å². The van der Waals surface area contributed by atoms with Crippen molar-refractivity contribution in [1.82, 2.24) is 10.3 Å². The summed E-state index contributed by atoms with van der Waals surface area (Å²) in [5.41, 5.74) is 1.53. The molecular formula is C19H20N2O3S. The molecule has 0 saturated heterocycles. The van der Waals surface area contributed by atoms with Crippen molar-refractivity contribution in [2.24, 2.45) is 0 Å². The fourth-order valence-electron chi connectivity index (χ4n) is 2.17. The SMILES string of the molecule is Cc1ccc(Sc2ncccc2C(=O)O[C@@H](C)C(=O)NC2CC2)cc1. The Bertz CT molecular complexity index is 772. The van der Waals surface area contributed by atoms with Gasteiger partial charge in [0.1, 0.15) is 5.03 Å². The molecule has 5 nitrogen and oxygen atoms in total. The van der Waals surface area contributed by atoms with E-state index < -0.39 is 12.1 Å². The van der Waals surface area contributed by atoms with Crippen LogP contribution < -0.4 is 5.32 Å². The van der Waals surface area contributed by atoms with E-state index in [9.17, 15) is 9.59 Å². The first-order valence-corrected chi connectivity index (χ1v) is 9.05. The molecule has 130 valence electrons. The number of pyridine rings is 1. The molecule has 1 aliphatic rings. The van der Waals surface area contributed by atoms with Crippen molar-refractivity contribution in [3.05, 3.63) is 53.7 Å². The number of aryl methyl sites for hydroxylation is 1. The summed E-state index contributed by atoms with van der Waals surface area (Å²) in [7, 11) is 0. The lowest BCUT2D eigenvalue weighted by atomic mass is 10.2. The molecule has 0 unspecified atom stereocenters. The Morgan fingerprint density at radius 3 is 2.64 bits per heavy atom. The summed E-state index contributed by atoms with van der Waals surface area (Å²) < 4.78 is 5.32. The minimum Gasteiger partial charge on any atom is -0.449 e. The quantitative estimate of drug-likeness (QED) is 0.804. The molecule has 0 radical (unpaired) electrons. The molecule has 1 atom stereocenters. The predicted octanol–water partition coefficient (Wildman–Crippen LogP) is 3.37. The number of hydrogen-bond donors (Lipinski definition) is 1. The molecule has 0 bridgehead atoms. The number of nitrogens with zero attached hydrogens (tertiary/aromatic N) is 1. The molecule has 0 aliphatic heterocycles. The lowest BCUT2D eigenvalue weighted by Gasteiger charge is -2.14. The van der Waals surface area contributed by atoms with Gasteiger partial charge in [-0.3, -0.25) is 4.79 Å². The Morgan fingerprint density at radius 1 is 1.24 bits per heavy atom. The first kappa shape index (κ1) is 17.5. The van der Waals surface area contributed by atoms with E-state index in [1.165, 1.54) is 17.3 Å². The summed E-state index contributed by atoms with van der Waals surface area (Å²) in [5.74, 6) is -0.798. The maximum Gasteiger partial charge on any atom is 0.341 e. The monoisotopic (exact) mass is 356 g/mol. The molecule has 1 fully saturated rings. The zero-order valence-electron chi connectivity index (χ0n) is 14.2. The largest absolute Gasteiger partial charge is 0.449 e. The van der Waals surface area contributed by atoms with Crippen molar-refractivity contribution < 1.29 is 14.3 Å². The highest BCUT2D eigenvalue weighted by molar-refractivity contribution is 7.99. The van der Waals surface area contributed by atoms with Crippen molar-refractivity contribution in [2.75, 3.05) is 0 Å². The number of rotatable bonds is 6. The van der Waals surface area contributed by atoms with Crippen LogP contribution in [0, 0.1) is 6.92 Å². The van der Waals surface area contributed by atoms with E-state index in [4.69, 9.17) is 4.74 Å². The van der Waals surface area contributed by atoms with Gasteiger partial charge in [0.05, 0.1) is 5.56 Å². The van der Waals surface area contributed by atoms with Crippen molar-refractivity contribution >= 4 is 23.6 Å². The molecule has 1 saturated carbocycles. The molecule has 1 amide bonds. The molecule has 6 heteroatoms. The van der Waals surface area contributed by atoms with Crippen LogP contribution in [0.1, 0.15) is 35.7 Å². The summed E-state index contributed by atoms with van der Waals surface area (Å²) in [4.78, 5) is 29.7. The fraction of sp³-hybridized carbons (Fsp3) is 0.316. The second-order valence-electron chi connectivity index (χ2n) is 6.10. The summed E-state index contributed by atoms with van der Waals surface area (Å²) in [6, 6.07) is 11.6. The highest BCUT2D eigenvalue weighted by atomic mass is 32.2. The number of ether oxygens (including phenoxy) is 1. The second-order valence-corrected chi connectivity index (χ2v) is 7.16. The van der Waals surface area contributed by atoms with Crippen LogP contribution in [0.25, 0.3) is 0 Å². The van der Waals surface area contributed by atoms with Gasteiger partial charge in [0.2, 0.25) is 0 Å². The zero-order chi connectivity index (χ0) is 17.8. The molecule has 1 N–H and O–H groups in total. The molecule has 1 aromatic heterocycles. The van der Waals surface area contributed by atoms with Gasteiger partial charge in [0.25, 0.3) is 5.91 Å². The number of benzene rings is 1. The van der Waals surface area contributed by atoms with Gasteiger partial charge in [0.15, 0.2) is 6.10 Å². The van der Waals surface area contributed by atoms with Gasteiger partial charge in [-0.25, -0.2) is 9.78 Å². The van der Waals surface area contributed by atoms with E-state index in [1.54, 1.807) is 25.3 Å². The summed E-state index contributed by atoms with van der Waals surface area (Å²) >= 11 is 1.39. The maximum absolute atomic E-state index is 12.5. The lowest BCUT2D eigenvalue weighted by molar-refractivity contribution is -0.129. The molecule has 3 rings (SSSR count). The summed E-state index contributed by atoms with van der Waals surface area (Å²) in [6.45, 7) is 3.60. The Morgan fingerprint density at radius 2 is 1.96 bits per heavy atom. The molecular weight excluding hydrogens is 336 g/mol. The fourth-order valence-corrected chi connectivity index (χ4v) is 3.04. The molecule has 25 heavy (non-hydrogen) atoms. The summed E-state index contributed by atoms with van der Waals surface area (Å²) in [5, 5.41) is 3.39. The lowest BCUT2D eigenvalue weighted by Crippen LogP contribution is -2.37. The van der Waals surface area contributed by atoms with Crippen molar-refractivity contribution in [3.63, 3.8) is 0 Å². The topological polar surface area (TPSA) is 68.3 Å². The molecule has 0 spiro atoms. The van der Waals surface area contributed by atoms with Crippen LogP contribution >= 0.6 is 11.8 Å². The van der Waals surface area contributed by atoms with Crippen LogP contribution in [-0.2, 0) is 9.53 Å². The number of amides is 1. The number of esters is 1. The van der Waals surface area contributed by atoms with E-state index >= 15 is 0 Å². The number of hydrogen-bond acceptors (Lipinski definition) is 5. The van der Waals surface area contributed by atoms with E-state index in [0.29, 0.717) is 10.6 Å². The number of carbonyl (C=O) groups is 2. The normalized spacial score (nSPS) is 14.6. The third-order valence-electron chi connectivity index (χ3n) is 3.80. The Kier molecular flexibility index (Phi) is 5.38. The smallest absolute Gasteiger partial charge is 0.341 e. The Balaban J connectivity index is 1.69. The van der Waals surface area contributed by atoms with Crippen LogP contribution in [0.2, 0.25) is 0 Å². The van der Waals surface area contributed by atoms with Crippen LogP contribution in [0.4, 0.5) is 0 Å². The highest BCUT2D eigenvalue weighted by Crippen LogP contribution is 2.29. The highest BCUT2D eigenvalue weighted by Gasteiger charge is 2.28. The van der Waals surface area contributed by atoms with E-state index in [1.807, 2.05) is 31.2 Å². The molecule has 1 aromatic carbocycles. The Labute approximate surface area is 151 Å². The second kappa shape index (κ2) is 7.70. The zero-order valence-corrected chi connectivity index (χ0v) is 15.0. The number of carbonyl (C=O) groups excluding carboxylic acids is 2. The number of nitrogens with one attached hydrogen (secondary N) is 1. The van der Waals surface area contributed by atoms with Crippen LogP contribution in [0.3, 0.4) is 0 Å². The van der Waals surface area contributed by atoms with Gasteiger partial charge in [-0.1, -0.05) is 29.5 Å². The van der Waals surface area contributed by atoms with E-state index in [-0.39, 0.29) is 11.9 Å².